The first kappa shape index (κ1) is 19.8. The van der Waals surface area contributed by atoms with Crippen molar-refractivity contribution in [3.05, 3.63) is 35.4 Å². The van der Waals surface area contributed by atoms with Gasteiger partial charge in [-0.05, 0) is 49.9 Å². The van der Waals surface area contributed by atoms with Gasteiger partial charge in [-0.2, -0.15) is 15.0 Å². The van der Waals surface area contributed by atoms with Crippen LogP contribution in [0.4, 0.5) is 20.7 Å². The summed E-state index contributed by atoms with van der Waals surface area (Å²) in [7, 11) is 0. The van der Waals surface area contributed by atoms with Gasteiger partial charge < -0.3 is 15.8 Å². The van der Waals surface area contributed by atoms with Crippen molar-refractivity contribution in [2.45, 2.75) is 39.8 Å². The summed E-state index contributed by atoms with van der Waals surface area (Å²) in [6.07, 6.45) is 0.411. The Bertz CT molecular complexity index is 727. The van der Waals surface area contributed by atoms with Crippen LogP contribution in [0.3, 0.4) is 0 Å². The van der Waals surface area contributed by atoms with E-state index in [9.17, 15) is 8.78 Å². The second-order valence-electron chi connectivity index (χ2n) is 6.19. The van der Waals surface area contributed by atoms with Crippen LogP contribution in [0.2, 0.25) is 0 Å². The van der Waals surface area contributed by atoms with E-state index in [4.69, 9.17) is 10.5 Å². The van der Waals surface area contributed by atoms with Gasteiger partial charge in [0, 0.05) is 6.54 Å². The number of nitrogens with two attached hydrogens (primary N) is 1. The second kappa shape index (κ2) is 9.26. The lowest BCUT2D eigenvalue weighted by molar-refractivity contribution is 0.278. The lowest BCUT2D eigenvalue weighted by Gasteiger charge is -2.16. The van der Waals surface area contributed by atoms with E-state index in [-0.39, 0.29) is 23.5 Å². The average Bonchev–Trinajstić information content (AvgIpc) is 2.60. The molecule has 6 nitrogen and oxygen atoms in total. The normalized spacial score (nSPS) is 13.3. The molecule has 3 N–H and O–H groups in total. The Morgan fingerprint density at radius 2 is 2.04 bits per heavy atom. The van der Waals surface area contributed by atoms with Crippen molar-refractivity contribution in [3.8, 4) is 5.75 Å². The second-order valence-corrected chi connectivity index (χ2v) is 6.19. The smallest absolute Gasteiger partial charge is 0.227 e. The van der Waals surface area contributed by atoms with E-state index in [0.29, 0.717) is 30.4 Å². The zero-order chi connectivity index (χ0) is 19.1. The molecule has 0 bridgehead atoms. The standard InChI is InChI=1S/C18H25F2N5O/c1-4-13(7-8-26-14-5-6-15(20)11(2)9-14)10-22-18-24-16(12(3)19)23-17(21)25-18/h5-6,9,12-13H,4,7-8,10H2,1-3H3,(H3,21,22,23,24,25). The summed E-state index contributed by atoms with van der Waals surface area (Å²) in [4.78, 5) is 11.8. The van der Waals surface area contributed by atoms with E-state index >= 15 is 0 Å². The van der Waals surface area contributed by atoms with E-state index in [1.54, 1.807) is 19.1 Å². The van der Waals surface area contributed by atoms with E-state index in [1.165, 1.54) is 13.0 Å². The highest BCUT2D eigenvalue weighted by molar-refractivity contribution is 5.31. The molecule has 0 aliphatic heterocycles. The molecule has 0 radical (unpaired) electrons. The molecule has 0 aliphatic carbocycles. The Morgan fingerprint density at radius 1 is 1.27 bits per heavy atom. The van der Waals surface area contributed by atoms with Crippen molar-refractivity contribution in [3.63, 3.8) is 0 Å². The van der Waals surface area contributed by atoms with Crippen molar-refractivity contribution >= 4 is 11.9 Å². The molecule has 2 atom stereocenters. The highest BCUT2D eigenvalue weighted by Crippen LogP contribution is 2.18. The minimum Gasteiger partial charge on any atom is -0.494 e. The molecule has 2 unspecified atom stereocenters. The number of benzene rings is 1. The number of alkyl halides is 1. The Morgan fingerprint density at radius 3 is 2.69 bits per heavy atom. The molecule has 2 aromatic rings. The Kier molecular flexibility index (Phi) is 7.06. The third-order valence-electron chi connectivity index (χ3n) is 4.08. The van der Waals surface area contributed by atoms with Crippen molar-refractivity contribution in [1.82, 2.24) is 15.0 Å². The molecule has 8 heteroatoms. The van der Waals surface area contributed by atoms with Crippen molar-refractivity contribution in [1.29, 1.82) is 0 Å². The fraction of sp³-hybridized carbons (Fsp3) is 0.500. The molecular formula is C18H25F2N5O. The molecule has 142 valence electrons. The van der Waals surface area contributed by atoms with Gasteiger partial charge in [0.2, 0.25) is 11.9 Å². The number of anilines is 2. The van der Waals surface area contributed by atoms with Gasteiger partial charge in [-0.3, -0.25) is 0 Å². The van der Waals surface area contributed by atoms with E-state index in [2.05, 4.69) is 27.2 Å². The number of halogens is 2. The lowest BCUT2D eigenvalue weighted by Crippen LogP contribution is -2.19. The summed E-state index contributed by atoms with van der Waals surface area (Å²) in [6, 6.07) is 4.70. The number of nitrogen functional groups attached to an aromatic ring is 1. The van der Waals surface area contributed by atoms with Crippen molar-refractivity contribution in [2.24, 2.45) is 5.92 Å². The molecule has 0 fully saturated rings. The van der Waals surface area contributed by atoms with Crippen LogP contribution in [0, 0.1) is 18.7 Å². The topological polar surface area (TPSA) is 86.0 Å². The van der Waals surface area contributed by atoms with Gasteiger partial charge in [0.15, 0.2) is 12.0 Å². The zero-order valence-electron chi connectivity index (χ0n) is 15.3. The number of hydrogen-bond acceptors (Lipinski definition) is 6. The third kappa shape index (κ3) is 5.79. The SMILES string of the molecule is CCC(CCOc1ccc(F)c(C)c1)CNc1nc(N)nc(C(C)F)n1. The number of aryl methyl sites for hydroxylation is 1. The quantitative estimate of drug-likeness (QED) is 0.702. The number of ether oxygens (including phenoxy) is 1. The van der Waals surface area contributed by atoms with Crippen molar-refractivity contribution in [2.75, 3.05) is 24.2 Å². The van der Waals surface area contributed by atoms with Gasteiger partial charge in [-0.1, -0.05) is 13.3 Å². The van der Waals surface area contributed by atoms with Gasteiger partial charge in [0.05, 0.1) is 6.61 Å². The molecule has 1 aromatic carbocycles. The van der Waals surface area contributed by atoms with Gasteiger partial charge in [-0.15, -0.1) is 0 Å². The Hall–Kier alpha value is -2.51. The minimum atomic E-state index is -1.31. The zero-order valence-corrected chi connectivity index (χ0v) is 15.3. The largest absolute Gasteiger partial charge is 0.494 e. The van der Waals surface area contributed by atoms with Gasteiger partial charge in [0.1, 0.15) is 11.6 Å². The number of hydrogen-bond donors (Lipinski definition) is 2. The Labute approximate surface area is 152 Å². The summed E-state index contributed by atoms with van der Waals surface area (Å²) in [5.41, 5.74) is 6.14. The van der Waals surface area contributed by atoms with Crippen LogP contribution in [0.1, 0.15) is 44.2 Å². The molecule has 0 aliphatic rings. The van der Waals surface area contributed by atoms with Gasteiger partial charge >= 0.3 is 0 Å². The first-order chi connectivity index (χ1) is 12.4. The molecule has 0 saturated carbocycles. The fourth-order valence-electron chi connectivity index (χ4n) is 2.40. The van der Waals surface area contributed by atoms with E-state index in [1.807, 2.05) is 0 Å². The van der Waals surface area contributed by atoms with Crippen LogP contribution in [0.5, 0.6) is 5.75 Å². The maximum atomic E-state index is 13.4. The predicted octanol–water partition coefficient (Wildman–Crippen LogP) is 3.84. The molecule has 0 spiro atoms. The summed E-state index contributed by atoms with van der Waals surface area (Å²) < 4.78 is 32.3. The molecule has 0 saturated heterocycles. The third-order valence-corrected chi connectivity index (χ3v) is 4.08. The van der Waals surface area contributed by atoms with Crippen LogP contribution in [-0.4, -0.2) is 28.1 Å². The number of nitrogens with zero attached hydrogens (tertiary/aromatic N) is 3. The summed E-state index contributed by atoms with van der Waals surface area (Å²) in [5, 5.41) is 3.08. The minimum absolute atomic E-state index is 0.00920. The molecule has 26 heavy (non-hydrogen) atoms. The molecule has 2 rings (SSSR count). The van der Waals surface area contributed by atoms with Crippen molar-refractivity contribution < 1.29 is 13.5 Å². The average molecular weight is 365 g/mol. The number of aromatic nitrogens is 3. The molecule has 0 amide bonds. The monoisotopic (exact) mass is 365 g/mol. The highest BCUT2D eigenvalue weighted by atomic mass is 19.1. The maximum absolute atomic E-state index is 13.4. The lowest BCUT2D eigenvalue weighted by atomic mass is 10.0. The van der Waals surface area contributed by atoms with E-state index in [0.717, 1.165) is 12.8 Å². The predicted molar refractivity (Wildman–Crippen MR) is 97.3 cm³/mol. The van der Waals surface area contributed by atoms with Gasteiger partial charge in [0.25, 0.3) is 0 Å². The van der Waals surface area contributed by atoms with Crippen LogP contribution >= 0.6 is 0 Å². The Balaban J connectivity index is 1.84. The van der Waals surface area contributed by atoms with Crippen LogP contribution in [-0.2, 0) is 0 Å². The van der Waals surface area contributed by atoms with E-state index < -0.39 is 6.17 Å². The fourth-order valence-corrected chi connectivity index (χ4v) is 2.40. The van der Waals surface area contributed by atoms with Crippen LogP contribution in [0.15, 0.2) is 18.2 Å². The van der Waals surface area contributed by atoms with Gasteiger partial charge in [-0.25, -0.2) is 8.78 Å². The maximum Gasteiger partial charge on any atom is 0.227 e. The highest BCUT2D eigenvalue weighted by Gasteiger charge is 2.12. The molecule has 1 heterocycles. The number of nitrogens with one attached hydrogen (secondary N) is 1. The molecular weight excluding hydrogens is 340 g/mol. The first-order valence-corrected chi connectivity index (χ1v) is 8.67. The van der Waals surface area contributed by atoms with Crippen LogP contribution in [0.25, 0.3) is 0 Å². The summed E-state index contributed by atoms with van der Waals surface area (Å²) >= 11 is 0. The first-order valence-electron chi connectivity index (χ1n) is 8.67. The number of rotatable bonds is 9. The molecule has 1 aromatic heterocycles. The van der Waals surface area contributed by atoms with Crippen LogP contribution < -0.4 is 15.8 Å². The summed E-state index contributed by atoms with van der Waals surface area (Å²) in [5.74, 6) is 0.990. The summed E-state index contributed by atoms with van der Waals surface area (Å²) in [6.45, 7) is 6.24.